The third kappa shape index (κ3) is 2.91. The number of benzene rings is 1. The fourth-order valence-electron chi connectivity index (χ4n) is 4.37. The number of methoxy groups -OCH3 is 1. The number of hydrogen-bond donors (Lipinski definition) is 1. The topological polar surface area (TPSA) is 79.0 Å². The minimum Gasteiger partial charge on any atom is -0.495 e. The van der Waals surface area contributed by atoms with Crippen LogP contribution in [0.5, 0.6) is 5.75 Å². The van der Waals surface area contributed by atoms with E-state index in [0.717, 1.165) is 19.3 Å². The summed E-state index contributed by atoms with van der Waals surface area (Å²) in [6.07, 6.45) is 4.05. The number of rotatable bonds is 3. The summed E-state index contributed by atoms with van der Waals surface area (Å²) in [5.74, 6) is 0.932. The lowest BCUT2D eigenvalue weighted by molar-refractivity contribution is -0.122. The maximum absolute atomic E-state index is 12.8. The highest BCUT2D eigenvalue weighted by atomic mass is 16.5. The van der Waals surface area contributed by atoms with Crippen LogP contribution < -0.4 is 15.0 Å². The summed E-state index contributed by atoms with van der Waals surface area (Å²) in [6.45, 7) is 0.658. The van der Waals surface area contributed by atoms with E-state index >= 15 is 0 Å². The predicted molar refractivity (Wildman–Crippen MR) is 96.5 cm³/mol. The molecular weight excluding hydrogens is 334 g/mol. The molecule has 1 aromatic carbocycles. The number of fused-ring (bicyclic) bond motifs is 2. The standard InChI is InChI=1S/C19H23N3O4/c1-26-17-7-4-12(9-16(17)21-8-2-3-18(21)24)20-19(25)22-13-5-6-14(22)11-15(23)10-13/h4,7,9,13-14H,2-3,5-6,8,10-11H2,1H3,(H,20,25). The molecule has 26 heavy (non-hydrogen) atoms. The van der Waals surface area contributed by atoms with E-state index in [2.05, 4.69) is 5.32 Å². The molecule has 0 saturated carbocycles. The van der Waals surface area contributed by atoms with E-state index in [0.29, 0.717) is 42.9 Å². The SMILES string of the molecule is COc1ccc(NC(=O)N2C3CCC2CC(=O)C3)cc1N1CCCC1=O. The first kappa shape index (κ1) is 16.9. The van der Waals surface area contributed by atoms with Gasteiger partial charge in [0.15, 0.2) is 0 Å². The second kappa shape index (κ2) is 6.63. The van der Waals surface area contributed by atoms with Crippen molar-refractivity contribution in [1.82, 2.24) is 4.90 Å². The Bertz CT molecular complexity index is 747. The first-order valence-electron chi connectivity index (χ1n) is 9.16. The van der Waals surface area contributed by atoms with Crippen molar-refractivity contribution in [3.05, 3.63) is 18.2 Å². The maximum Gasteiger partial charge on any atom is 0.322 e. The van der Waals surface area contributed by atoms with Crippen LogP contribution in [-0.2, 0) is 9.59 Å². The van der Waals surface area contributed by atoms with Crippen molar-refractivity contribution in [3.8, 4) is 5.75 Å². The van der Waals surface area contributed by atoms with Gasteiger partial charge in [0.25, 0.3) is 0 Å². The Morgan fingerprint density at radius 3 is 2.54 bits per heavy atom. The van der Waals surface area contributed by atoms with Gasteiger partial charge in [-0.1, -0.05) is 0 Å². The minimum atomic E-state index is -0.172. The molecule has 1 N–H and O–H groups in total. The lowest BCUT2D eigenvalue weighted by Crippen LogP contribution is -2.48. The van der Waals surface area contributed by atoms with Crippen LogP contribution in [0.4, 0.5) is 16.2 Å². The lowest BCUT2D eigenvalue weighted by atomic mass is 10.0. The third-order valence-corrected chi connectivity index (χ3v) is 5.58. The number of carbonyl (C=O) groups is 3. The zero-order valence-electron chi connectivity index (χ0n) is 14.9. The Kier molecular flexibility index (Phi) is 4.30. The second-order valence-electron chi connectivity index (χ2n) is 7.20. The third-order valence-electron chi connectivity index (χ3n) is 5.58. The van der Waals surface area contributed by atoms with Gasteiger partial charge in [-0.2, -0.15) is 0 Å². The summed E-state index contributed by atoms with van der Waals surface area (Å²) < 4.78 is 5.38. The Balaban J connectivity index is 1.54. The van der Waals surface area contributed by atoms with E-state index in [1.807, 2.05) is 4.90 Å². The van der Waals surface area contributed by atoms with E-state index in [1.54, 1.807) is 30.2 Å². The van der Waals surface area contributed by atoms with Gasteiger partial charge in [-0.05, 0) is 37.5 Å². The molecule has 2 atom stereocenters. The highest BCUT2D eigenvalue weighted by Gasteiger charge is 2.42. The van der Waals surface area contributed by atoms with Crippen molar-refractivity contribution in [3.63, 3.8) is 0 Å². The molecule has 138 valence electrons. The van der Waals surface area contributed by atoms with E-state index in [4.69, 9.17) is 4.74 Å². The van der Waals surface area contributed by atoms with Crippen LogP contribution in [0.1, 0.15) is 38.5 Å². The molecule has 3 amide bonds. The van der Waals surface area contributed by atoms with Gasteiger partial charge in [-0.15, -0.1) is 0 Å². The first-order chi connectivity index (χ1) is 12.6. The summed E-state index contributed by atoms with van der Waals surface area (Å²) in [6, 6.07) is 5.19. The van der Waals surface area contributed by atoms with Crippen molar-refractivity contribution in [1.29, 1.82) is 0 Å². The molecule has 0 radical (unpaired) electrons. The van der Waals surface area contributed by atoms with E-state index < -0.39 is 0 Å². The van der Waals surface area contributed by atoms with Crippen LogP contribution in [-0.4, -0.2) is 48.4 Å². The number of nitrogens with one attached hydrogen (secondary N) is 1. The number of amides is 3. The number of ketones is 1. The van der Waals surface area contributed by atoms with Gasteiger partial charge in [0.05, 0.1) is 12.8 Å². The Hall–Kier alpha value is -2.57. The number of Topliss-reactive ketones (excluding diaryl/α,β-unsaturated/α-hetero) is 1. The van der Waals surface area contributed by atoms with Crippen molar-refractivity contribution in [2.45, 2.75) is 50.6 Å². The quantitative estimate of drug-likeness (QED) is 0.902. The molecule has 2 bridgehead atoms. The molecule has 2 unspecified atom stereocenters. The molecule has 0 aliphatic carbocycles. The normalized spacial score (nSPS) is 25.0. The number of piperidine rings is 1. The van der Waals surface area contributed by atoms with Crippen LogP contribution in [0.3, 0.4) is 0 Å². The van der Waals surface area contributed by atoms with Crippen LogP contribution in [0.2, 0.25) is 0 Å². The van der Waals surface area contributed by atoms with E-state index in [9.17, 15) is 14.4 Å². The number of hydrogen-bond acceptors (Lipinski definition) is 4. The number of nitrogens with zero attached hydrogens (tertiary/aromatic N) is 2. The summed E-state index contributed by atoms with van der Waals surface area (Å²) in [4.78, 5) is 40.1. The van der Waals surface area contributed by atoms with Gasteiger partial charge in [-0.3, -0.25) is 9.59 Å². The van der Waals surface area contributed by atoms with Gasteiger partial charge in [-0.25, -0.2) is 4.79 Å². The molecule has 0 aromatic heterocycles. The van der Waals surface area contributed by atoms with Gasteiger partial charge in [0, 0.05) is 43.6 Å². The molecule has 3 heterocycles. The van der Waals surface area contributed by atoms with Crippen LogP contribution >= 0.6 is 0 Å². The average molecular weight is 357 g/mol. The number of anilines is 2. The Labute approximate surface area is 152 Å². The van der Waals surface area contributed by atoms with E-state index in [1.165, 1.54) is 0 Å². The molecule has 3 saturated heterocycles. The van der Waals surface area contributed by atoms with Crippen LogP contribution in [0, 0.1) is 0 Å². The number of urea groups is 1. The second-order valence-corrected chi connectivity index (χ2v) is 7.20. The zero-order chi connectivity index (χ0) is 18.3. The van der Waals surface area contributed by atoms with Crippen molar-refractivity contribution in [2.24, 2.45) is 0 Å². The van der Waals surface area contributed by atoms with Crippen LogP contribution in [0.15, 0.2) is 18.2 Å². The molecule has 7 nitrogen and oxygen atoms in total. The highest BCUT2D eigenvalue weighted by molar-refractivity contribution is 5.98. The number of carbonyl (C=O) groups excluding carboxylic acids is 3. The highest BCUT2D eigenvalue weighted by Crippen LogP contribution is 2.36. The molecule has 4 rings (SSSR count). The summed E-state index contributed by atoms with van der Waals surface area (Å²) in [5.41, 5.74) is 1.31. The van der Waals surface area contributed by atoms with Gasteiger partial charge >= 0.3 is 6.03 Å². The fourth-order valence-corrected chi connectivity index (χ4v) is 4.37. The summed E-state index contributed by atoms with van der Waals surface area (Å²) >= 11 is 0. The fraction of sp³-hybridized carbons (Fsp3) is 0.526. The summed E-state index contributed by atoms with van der Waals surface area (Å²) in [5, 5.41) is 2.94. The van der Waals surface area contributed by atoms with Crippen LogP contribution in [0.25, 0.3) is 0 Å². The predicted octanol–water partition coefficient (Wildman–Crippen LogP) is 2.55. The van der Waals surface area contributed by atoms with Gasteiger partial charge in [0.1, 0.15) is 11.5 Å². The smallest absolute Gasteiger partial charge is 0.322 e. The minimum absolute atomic E-state index is 0.0131. The molecular formula is C19H23N3O4. The van der Waals surface area contributed by atoms with E-state index in [-0.39, 0.29) is 29.8 Å². The Morgan fingerprint density at radius 2 is 1.92 bits per heavy atom. The first-order valence-corrected chi connectivity index (χ1v) is 9.16. The molecule has 3 aliphatic rings. The average Bonchev–Trinajstić information content (AvgIpc) is 3.16. The van der Waals surface area contributed by atoms with Crippen molar-refractivity contribution < 1.29 is 19.1 Å². The zero-order valence-corrected chi connectivity index (χ0v) is 14.9. The summed E-state index contributed by atoms with van der Waals surface area (Å²) in [7, 11) is 1.57. The molecule has 3 fully saturated rings. The monoisotopic (exact) mass is 357 g/mol. The van der Waals surface area contributed by atoms with Gasteiger partial charge < -0.3 is 19.9 Å². The van der Waals surface area contributed by atoms with Crippen molar-refractivity contribution >= 4 is 29.1 Å². The van der Waals surface area contributed by atoms with Gasteiger partial charge in [0.2, 0.25) is 5.91 Å². The molecule has 3 aliphatic heterocycles. The van der Waals surface area contributed by atoms with Crippen molar-refractivity contribution in [2.75, 3.05) is 23.9 Å². The molecule has 7 heteroatoms. The molecule has 1 aromatic rings. The largest absolute Gasteiger partial charge is 0.495 e. The molecule has 0 spiro atoms. The number of ether oxygens (including phenoxy) is 1. The maximum atomic E-state index is 12.8. The lowest BCUT2D eigenvalue weighted by Gasteiger charge is -2.34. The Morgan fingerprint density at radius 1 is 1.19 bits per heavy atom.